The van der Waals surface area contributed by atoms with Crippen LogP contribution < -0.4 is 9.97 Å². The van der Waals surface area contributed by atoms with Gasteiger partial charge in [0, 0.05) is 32.6 Å². The molecule has 0 saturated heterocycles. The third kappa shape index (κ3) is 4.04. The van der Waals surface area contributed by atoms with E-state index in [-0.39, 0.29) is 19.5 Å². The molecule has 0 atom stereocenters. The summed E-state index contributed by atoms with van der Waals surface area (Å²) in [6.45, 7) is 0. The number of rotatable bonds is 0. The van der Waals surface area contributed by atoms with Crippen LogP contribution in [-0.4, -0.2) is 9.97 Å². The van der Waals surface area contributed by atoms with Crippen LogP contribution in [0.4, 0.5) is 0 Å². The molecule has 224 valence electrons. The molecule has 0 bridgehead atoms. The number of fused-ring (bicyclic) bond motifs is 20. The number of hydrogen-bond donors (Lipinski definition) is 0. The Bertz CT molecular complexity index is 3040. The number of benzene rings is 6. The molecule has 6 aromatic carbocycles. The van der Waals surface area contributed by atoms with Crippen molar-refractivity contribution in [1.29, 1.82) is 0 Å². The van der Waals surface area contributed by atoms with Gasteiger partial charge in [0.15, 0.2) is 0 Å². The van der Waals surface area contributed by atoms with Crippen LogP contribution in [0, 0.1) is 0 Å². The first-order valence-electron chi connectivity index (χ1n) is 15.9. The van der Waals surface area contributed by atoms with Gasteiger partial charge in [-0.3, -0.25) is 9.97 Å². The van der Waals surface area contributed by atoms with Gasteiger partial charge in [-0.15, -0.1) is 33.7 Å². The van der Waals surface area contributed by atoms with Crippen molar-refractivity contribution in [2.45, 2.75) is 0 Å². The van der Waals surface area contributed by atoms with Gasteiger partial charge in [0.25, 0.3) is 0 Å². The van der Waals surface area contributed by atoms with E-state index in [4.69, 9.17) is 9.97 Å². The summed E-state index contributed by atoms with van der Waals surface area (Å²) in [5.74, 6) is 0. The summed E-state index contributed by atoms with van der Waals surface area (Å²) in [7, 11) is 0. The second-order valence-corrected chi connectivity index (χ2v) is 14.3. The molecule has 0 spiro atoms. The second-order valence-electron chi connectivity index (χ2n) is 12.1. The molecule has 7 heteroatoms. The standard InChI is InChI=1S/2C21H11N2S.Zn/c2*1-2-5-13-12(4-1)14-7-8-16-19(18(14)20-15(13)9-11-23-20)21-17(24-16)6-3-10-22-21;/h2*1-11H;/q2*-1;+2. The quantitative estimate of drug-likeness (QED) is 0.116. The van der Waals surface area contributed by atoms with Crippen LogP contribution in [0.2, 0.25) is 0 Å². The molecule has 0 N–H and O–H groups in total. The molecule has 0 aliphatic rings. The fourth-order valence-electron chi connectivity index (χ4n) is 7.71. The van der Waals surface area contributed by atoms with Crippen molar-refractivity contribution in [3.63, 3.8) is 0 Å². The van der Waals surface area contributed by atoms with Crippen LogP contribution in [0.5, 0.6) is 0 Å². The van der Waals surface area contributed by atoms with Crippen molar-refractivity contribution >= 4 is 128 Å². The zero-order valence-electron chi connectivity index (χ0n) is 26.0. The Morgan fingerprint density at radius 1 is 0.367 bits per heavy atom. The summed E-state index contributed by atoms with van der Waals surface area (Å²) in [6, 6.07) is 38.7. The normalized spacial score (nSPS) is 11.9. The topological polar surface area (TPSA) is 54.0 Å². The van der Waals surface area contributed by atoms with E-state index in [1.54, 1.807) is 22.7 Å². The van der Waals surface area contributed by atoms with Crippen molar-refractivity contribution in [3.05, 3.63) is 134 Å². The molecule has 12 rings (SSSR count). The molecule has 0 saturated carbocycles. The molecule has 0 radical (unpaired) electrons. The monoisotopic (exact) mass is 710 g/mol. The Balaban J connectivity index is 0.000000122. The van der Waals surface area contributed by atoms with Crippen molar-refractivity contribution in [1.82, 2.24) is 19.9 Å². The molecule has 6 aromatic heterocycles. The number of hydrogen-bond acceptors (Lipinski definition) is 4. The summed E-state index contributed by atoms with van der Waals surface area (Å²) in [4.78, 5) is 18.8. The fourth-order valence-corrected chi connectivity index (χ4v) is 9.86. The summed E-state index contributed by atoms with van der Waals surface area (Å²) < 4.78 is 5.01. The van der Waals surface area contributed by atoms with E-state index in [2.05, 4.69) is 107 Å². The molecule has 12 aromatic rings. The van der Waals surface area contributed by atoms with Gasteiger partial charge in [-0.2, -0.15) is 12.4 Å². The van der Waals surface area contributed by atoms with Crippen molar-refractivity contribution in [2.24, 2.45) is 0 Å². The zero-order valence-corrected chi connectivity index (χ0v) is 30.6. The minimum Gasteiger partial charge on any atom is -0.663 e. The summed E-state index contributed by atoms with van der Waals surface area (Å²) in [6.07, 6.45) is 7.59. The third-order valence-electron chi connectivity index (χ3n) is 9.68. The minimum atomic E-state index is 0. The maximum absolute atomic E-state index is 4.71. The summed E-state index contributed by atoms with van der Waals surface area (Å²) >= 11 is 3.61. The summed E-state index contributed by atoms with van der Waals surface area (Å²) in [5, 5.41) is 15.0. The number of thiophene rings is 2. The molecule has 6 heterocycles. The third-order valence-corrected chi connectivity index (χ3v) is 11.9. The Hall–Kier alpha value is -5.20. The second kappa shape index (κ2) is 10.9. The Morgan fingerprint density at radius 3 is 1.24 bits per heavy atom. The predicted molar refractivity (Wildman–Crippen MR) is 206 cm³/mol. The van der Waals surface area contributed by atoms with Crippen LogP contribution in [0.25, 0.3) is 106 Å². The van der Waals surface area contributed by atoms with Gasteiger partial charge in [0.05, 0.1) is 20.4 Å². The first-order valence-corrected chi connectivity index (χ1v) is 17.5. The molecule has 4 nitrogen and oxygen atoms in total. The molecule has 0 fully saturated rings. The van der Waals surface area contributed by atoms with E-state index < -0.39 is 0 Å². The smallest absolute Gasteiger partial charge is 0.663 e. The van der Waals surface area contributed by atoms with Gasteiger partial charge in [0.2, 0.25) is 0 Å². The number of pyridine rings is 2. The van der Waals surface area contributed by atoms with Gasteiger partial charge in [-0.1, -0.05) is 72.8 Å². The van der Waals surface area contributed by atoms with Crippen molar-refractivity contribution in [2.75, 3.05) is 0 Å². The van der Waals surface area contributed by atoms with Crippen LogP contribution in [-0.2, 0) is 19.5 Å². The van der Waals surface area contributed by atoms with E-state index in [1.807, 2.05) is 36.9 Å². The van der Waals surface area contributed by atoms with E-state index in [0.29, 0.717) is 0 Å². The van der Waals surface area contributed by atoms with Gasteiger partial charge in [0.1, 0.15) is 0 Å². The van der Waals surface area contributed by atoms with E-state index in [0.717, 1.165) is 22.1 Å². The van der Waals surface area contributed by atoms with E-state index >= 15 is 0 Å². The molecular weight excluding hydrogens is 690 g/mol. The van der Waals surface area contributed by atoms with Gasteiger partial charge in [-0.05, 0) is 90.3 Å². The average molecular weight is 712 g/mol. The maximum atomic E-state index is 4.71. The van der Waals surface area contributed by atoms with Gasteiger partial charge in [-0.25, -0.2) is 0 Å². The maximum Gasteiger partial charge on any atom is 2.00 e. The molecule has 0 aliphatic heterocycles. The first-order chi connectivity index (χ1) is 23.8. The van der Waals surface area contributed by atoms with Crippen LogP contribution in [0.3, 0.4) is 0 Å². The molecule has 49 heavy (non-hydrogen) atoms. The summed E-state index contributed by atoms with van der Waals surface area (Å²) in [5.41, 5.74) is 4.34. The average Bonchev–Trinajstić information content (AvgIpc) is 3.96. The number of aromatic nitrogens is 4. The van der Waals surface area contributed by atoms with Crippen LogP contribution in [0.1, 0.15) is 0 Å². The first kappa shape index (κ1) is 28.8. The fraction of sp³-hybridized carbons (Fsp3) is 0. The Morgan fingerprint density at radius 2 is 0.796 bits per heavy atom. The SMILES string of the molecule is [Zn+2].c1cnc2c(c1)sc1ccc3c4ccccc4c4cc[n-]c4c3c12.c1cnc2c(c1)sc1ccc3c4ccccc4c4cc[n-]c4c3c12. The minimum absolute atomic E-state index is 0. The molecule has 0 aliphatic carbocycles. The molecule has 0 amide bonds. The van der Waals surface area contributed by atoms with Crippen LogP contribution in [0.15, 0.2) is 134 Å². The van der Waals surface area contributed by atoms with Crippen molar-refractivity contribution in [3.8, 4) is 0 Å². The van der Waals surface area contributed by atoms with E-state index in [1.165, 1.54) is 83.4 Å². The van der Waals surface area contributed by atoms with Gasteiger partial charge >= 0.3 is 19.5 Å². The predicted octanol–water partition coefficient (Wildman–Crippen LogP) is 11.7. The number of nitrogens with zero attached hydrogens (tertiary/aromatic N) is 4. The zero-order chi connectivity index (χ0) is 31.3. The Kier molecular flexibility index (Phi) is 6.41. The van der Waals surface area contributed by atoms with E-state index in [9.17, 15) is 0 Å². The largest absolute Gasteiger partial charge is 2.00 e. The van der Waals surface area contributed by atoms with Crippen molar-refractivity contribution < 1.29 is 19.5 Å². The molecule has 0 unspecified atom stereocenters. The molecular formula is C42H22N4S2Zn. The Labute approximate surface area is 299 Å². The van der Waals surface area contributed by atoms with Gasteiger partial charge < -0.3 is 9.97 Å². The van der Waals surface area contributed by atoms with Crippen LogP contribution >= 0.6 is 22.7 Å².